The second kappa shape index (κ2) is 4.69. The van der Waals surface area contributed by atoms with Gasteiger partial charge in [0, 0.05) is 6.42 Å². The van der Waals surface area contributed by atoms with E-state index in [9.17, 15) is 0 Å². The molecule has 1 nitrogen and oxygen atoms in total. The van der Waals surface area contributed by atoms with Crippen molar-refractivity contribution in [2.24, 2.45) is 0 Å². The number of hydrogen-bond acceptors (Lipinski definition) is 1. The molecule has 1 atom stereocenters. The molecule has 0 radical (unpaired) electrons. The van der Waals surface area contributed by atoms with Gasteiger partial charge >= 0.3 is 0 Å². The van der Waals surface area contributed by atoms with E-state index in [0.717, 1.165) is 12.2 Å². The molecule has 1 heteroatoms. The van der Waals surface area contributed by atoms with E-state index in [1.165, 1.54) is 32.1 Å². The first-order chi connectivity index (χ1) is 6.16. The van der Waals surface area contributed by atoms with Crippen LogP contribution in [0.15, 0.2) is 11.8 Å². The zero-order valence-electron chi connectivity index (χ0n) is 9.23. The standard InChI is InChI=1S/C12H22O/c1-4-5-6-7-9-12(3)10-8-11(2)13-12/h8H,4-7,9-10H2,1-3H3. The molecule has 1 aliphatic rings. The van der Waals surface area contributed by atoms with E-state index in [4.69, 9.17) is 4.74 Å². The smallest absolute Gasteiger partial charge is 0.109 e. The Morgan fingerprint density at radius 3 is 2.69 bits per heavy atom. The Hall–Kier alpha value is -0.460. The van der Waals surface area contributed by atoms with Crippen LogP contribution in [0.4, 0.5) is 0 Å². The summed E-state index contributed by atoms with van der Waals surface area (Å²) in [6.45, 7) is 6.53. The molecule has 0 fully saturated rings. The topological polar surface area (TPSA) is 9.23 Å². The van der Waals surface area contributed by atoms with E-state index in [-0.39, 0.29) is 5.60 Å². The van der Waals surface area contributed by atoms with Crippen molar-refractivity contribution in [1.82, 2.24) is 0 Å². The Morgan fingerprint density at radius 1 is 1.38 bits per heavy atom. The van der Waals surface area contributed by atoms with Crippen molar-refractivity contribution in [3.8, 4) is 0 Å². The van der Waals surface area contributed by atoms with E-state index < -0.39 is 0 Å². The second-order valence-electron chi connectivity index (χ2n) is 4.38. The number of ether oxygens (including phenoxy) is 1. The lowest BCUT2D eigenvalue weighted by molar-refractivity contribution is 0.0341. The van der Waals surface area contributed by atoms with E-state index in [2.05, 4.69) is 26.8 Å². The summed E-state index contributed by atoms with van der Waals surface area (Å²) in [5, 5.41) is 0. The first-order valence-electron chi connectivity index (χ1n) is 5.52. The third kappa shape index (κ3) is 3.41. The molecule has 0 N–H and O–H groups in total. The summed E-state index contributed by atoms with van der Waals surface area (Å²) >= 11 is 0. The third-order valence-electron chi connectivity index (χ3n) is 2.79. The molecule has 1 rings (SSSR count). The van der Waals surface area contributed by atoms with Crippen molar-refractivity contribution in [3.63, 3.8) is 0 Å². The van der Waals surface area contributed by atoms with Crippen LogP contribution in [-0.2, 0) is 4.74 Å². The molecule has 0 bridgehead atoms. The number of rotatable bonds is 5. The highest BCUT2D eigenvalue weighted by atomic mass is 16.5. The number of unbranched alkanes of at least 4 members (excludes halogenated alkanes) is 3. The van der Waals surface area contributed by atoms with E-state index >= 15 is 0 Å². The summed E-state index contributed by atoms with van der Waals surface area (Å²) < 4.78 is 5.79. The summed E-state index contributed by atoms with van der Waals surface area (Å²) in [4.78, 5) is 0. The molecule has 1 aliphatic heterocycles. The molecule has 76 valence electrons. The van der Waals surface area contributed by atoms with Crippen molar-refractivity contribution in [3.05, 3.63) is 11.8 Å². The molecule has 0 saturated heterocycles. The molecule has 13 heavy (non-hydrogen) atoms. The largest absolute Gasteiger partial charge is 0.492 e. The van der Waals surface area contributed by atoms with Gasteiger partial charge in [0.15, 0.2) is 0 Å². The van der Waals surface area contributed by atoms with Crippen molar-refractivity contribution in [2.45, 2.75) is 64.9 Å². The highest BCUT2D eigenvalue weighted by Gasteiger charge is 2.28. The fourth-order valence-corrected chi connectivity index (χ4v) is 1.91. The predicted octanol–water partition coefficient (Wildman–Crippen LogP) is 4.04. The number of allylic oxidation sites excluding steroid dienone is 1. The van der Waals surface area contributed by atoms with Crippen LogP contribution in [0.2, 0.25) is 0 Å². The SMILES string of the molecule is CCCCCCC1(C)CC=C(C)O1. The predicted molar refractivity (Wildman–Crippen MR) is 56.6 cm³/mol. The van der Waals surface area contributed by atoms with Crippen molar-refractivity contribution in [1.29, 1.82) is 0 Å². The first-order valence-corrected chi connectivity index (χ1v) is 5.52. The summed E-state index contributed by atoms with van der Waals surface area (Å²) in [5.41, 5.74) is 0.123. The van der Waals surface area contributed by atoms with Gasteiger partial charge in [-0.25, -0.2) is 0 Å². The molecule has 1 heterocycles. The molecule has 0 aromatic rings. The Balaban J connectivity index is 2.14. The van der Waals surface area contributed by atoms with E-state index in [1.54, 1.807) is 0 Å². The van der Waals surface area contributed by atoms with Gasteiger partial charge in [-0.05, 0) is 32.8 Å². The van der Waals surface area contributed by atoms with Gasteiger partial charge in [-0.15, -0.1) is 0 Å². The van der Waals surface area contributed by atoms with Gasteiger partial charge < -0.3 is 4.74 Å². The maximum absolute atomic E-state index is 5.79. The summed E-state index contributed by atoms with van der Waals surface area (Å²) in [6.07, 6.45) is 9.86. The fraction of sp³-hybridized carbons (Fsp3) is 0.833. The van der Waals surface area contributed by atoms with Gasteiger partial charge in [0.05, 0.1) is 5.76 Å². The van der Waals surface area contributed by atoms with Crippen LogP contribution in [-0.4, -0.2) is 5.60 Å². The normalized spacial score (nSPS) is 27.2. The van der Waals surface area contributed by atoms with Crippen LogP contribution < -0.4 is 0 Å². The molecule has 0 aromatic carbocycles. The quantitative estimate of drug-likeness (QED) is 0.583. The third-order valence-corrected chi connectivity index (χ3v) is 2.79. The molecule has 1 unspecified atom stereocenters. The van der Waals surface area contributed by atoms with E-state index in [0.29, 0.717) is 0 Å². The van der Waals surface area contributed by atoms with E-state index in [1.807, 2.05) is 0 Å². The monoisotopic (exact) mass is 182 g/mol. The van der Waals surface area contributed by atoms with Crippen molar-refractivity contribution in [2.75, 3.05) is 0 Å². The van der Waals surface area contributed by atoms with Crippen molar-refractivity contribution < 1.29 is 4.74 Å². The summed E-state index contributed by atoms with van der Waals surface area (Å²) in [6, 6.07) is 0. The van der Waals surface area contributed by atoms with Gasteiger partial charge in [0.25, 0.3) is 0 Å². The van der Waals surface area contributed by atoms with Crippen molar-refractivity contribution >= 4 is 0 Å². The van der Waals surface area contributed by atoms with Gasteiger partial charge in [-0.3, -0.25) is 0 Å². The van der Waals surface area contributed by atoms with Crippen LogP contribution in [0.1, 0.15) is 59.3 Å². The van der Waals surface area contributed by atoms with Gasteiger partial charge in [0.1, 0.15) is 5.60 Å². The maximum atomic E-state index is 5.79. The lowest BCUT2D eigenvalue weighted by Gasteiger charge is -2.24. The summed E-state index contributed by atoms with van der Waals surface area (Å²) in [5.74, 6) is 1.11. The Labute approximate surface area is 82.2 Å². The minimum Gasteiger partial charge on any atom is -0.492 e. The molecule has 0 aliphatic carbocycles. The summed E-state index contributed by atoms with van der Waals surface area (Å²) in [7, 11) is 0. The Kier molecular flexibility index (Phi) is 3.83. The first kappa shape index (κ1) is 10.6. The fourth-order valence-electron chi connectivity index (χ4n) is 1.91. The number of hydrogen-bond donors (Lipinski definition) is 0. The highest BCUT2D eigenvalue weighted by molar-refractivity contribution is 5.03. The average molecular weight is 182 g/mol. The van der Waals surface area contributed by atoms with Gasteiger partial charge in [-0.2, -0.15) is 0 Å². The van der Waals surface area contributed by atoms with Crippen LogP contribution in [0.25, 0.3) is 0 Å². The minimum absolute atomic E-state index is 0.123. The molecule has 0 saturated carbocycles. The van der Waals surface area contributed by atoms with Crippen LogP contribution >= 0.6 is 0 Å². The van der Waals surface area contributed by atoms with Crippen LogP contribution in [0.5, 0.6) is 0 Å². The van der Waals surface area contributed by atoms with Gasteiger partial charge in [-0.1, -0.05) is 26.2 Å². The average Bonchev–Trinajstić information content (AvgIpc) is 2.41. The molecular weight excluding hydrogens is 160 g/mol. The Bertz CT molecular complexity index is 184. The Morgan fingerprint density at radius 2 is 2.15 bits per heavy atom. The maximum Gasteiger partial charge on any atom is 0.109 e. The zero-order chi connectivity index (χ0) is 9.73. The molecule has 0 aromatic heterocycles. The van der Waals surface area contributed by atoms with Crippen LogP contribution in [0.3, 0.4) is 0 Å². The minimum atomic E-state index is 0.123. The highest BCUT2D eigenvalue weighted by Crippen LogP contribution is 2.32. The van der Waals surface area contributed by atoms with Gasteiger partial charge in [0.2, 0.25) is 0 Å². The molecule has 0 amide bonds. The lowest BCUT2D eigenvalue weighted by Crippen LogP contribution is -2.23. The molecule has 0 spiro atoms. The zero-order valence-corrected chi connectivity index (χ0v) is 9.23. The van der Waals surface area contributed by atoms with Crippen LogP contribution in [0, 0.1) is 0 Å². The molecular formula is C12H22O. The lowest BCUT2D eigenvalue weighted by atomic mass is 9.95. The second-order valence-corrected chi connectivity index (χ2v) is 4.38.